The van der Waals surface area contributed by atoms with E-state index in [1.807, 2.05) is 42.5 Å². The summed E-state index contributed by atoms with van der Waals surface area (Å²) in [4.78, 5) is 11.6. The molecule has 0 saturated carbocycles. The minimum atomic E-state index is 0.476. The molecule has 0 bridgehead atoms. The standard InChI is InChI=1S/C19H13Cl2N3S/c1-11-10-13-18(22-15-9-5-8-14(20)16(15)21)23-17(24-19(13)25-11)12-6-3-2-4-7-12/h2-10H,1H3,(H,22,23,24). The van der Waals surface area contributed by atoms with Crippen molar-refractivity contribution in [1.29, 1.82) is 0 Å². The van der Waals surface area contributed by atoms with Crippen LogP contribution in [0.2, 0.25) is 10.0 Å². The molecular formula is C19H13Cl2N3S. The molecule has 0 unspecified atom stereocenters. The minimum Gasteiger partial charge on any atom is -0.338 e. The van der Waals surface area contributed by atoms with Gasteiger partial charge in [-0.05, 0) is 25.1 Å². The Labute approximate surface area is 159 Å². The Morgan fingerprint density at radius 2 is 1.76 bits per heavy atom. The number of aromatic nitrogens is 2. The van der Waals surface area contributed by atoms with Gasteiger partial charge in [-0.3, -0.25) is 0 Å². The van der Waals surface area contributed by atoms with E-state index in [4.69, 9.17) is 33.2 Å². The molecule has 2 aromatic heterocycles. The molecule has 0 radical (unpaired) electrons. The quantitative estimate of drug-likeness (QED) is 0.425. The Kier molecular flexibility index (Phi) is 4.34. The van der Waals surface area contributed by atoms with Gasteiger partial charge in [0.1, 0.15) is 10.6 Å². The maximum atomic E-state index is 6.32. The van der Waals surface area contributed by atoms with Gasteiger partial charge < -0.3 is 5.32 Å². The highest BCUT2D eigenvalue weighted by atomic mass is 35.5. The van der Waals surface area contributed by atoms with Crippen molar-refractivity contribution in [3.63, 3.8) is 0 Å². The molecule has 0 spiro atoms. The van der Waals surface area contributed by atoms with Crippen LogP contribution in [0.15, 0.2) is 54.6 Å². The second-order valence-electron chi connectivity index (χ2n) is 5.56. The molecule has 4 rings (SSSR count). The van der Waals surface area contributed by atoms with Crippen molar-refractivity contribution in [1.82, 2.24) is 9.97 Å². The van der Waals surface area contributed by atoms with Gasteiger partial charge in [0.05, 0.1) is 21.1 Å². The van der Waals surface area contributed by atoms with Crippen LogP contribution in [0.5, 0.6) is 0 Å². The van der Waals surface area contributed by atoms with E-state index in [9.17, 15) is 0 Å². The first kappa shape index (κ1) is 16.3. The largest absolute Gasteiger partial charge is 0.338 e. The molecule has 2 aromatic carbocycles. The third-order valence-electron chi connectivity index (χ3n) is 3.75. The lowest BCUT2D eigenvalue weighted by Crippen LogP contribution is -1.98. The number of hydrogen-bond donors (Lipinski definition) is 1. The number of hydrogen-bond acceptors (Lipinski definition) is 4. The van der Waals surface area contributed by atoms with Gasteiger partial charge in [-0.1, -0.05) is 59.6 Å². The number of fused-ring (bicyclic) bond motifs is 1. The number of rotatable bonds is 3. The molecule has 3 nitrogen and oxygen atoms in total. The van der Waals surface area contributed by atoms with E-state index in [-0.39, 0.29) is 0 Å². The maximum absolute atomic E-state index is 6.32. The van der Waals surface area contributed by atoms with Crippen LogP contribution in [-0.2, 0) is 0 Å². The Bertz CT molecular complexity index is 1060. The van der Waals surface area contributed by atoms with Crippen LogP contribution in [0.4, 0.5) is 11.5 Å². The van der Waals surface area contributed by atoms with E-state index in [1.165, 1.54) is 4.88 Å². The first-order valence-corrected chi connectivity index (χ1v) is 9.24. The molecule has 0 aliphatic rings. The van der Waals surface area contributed by atoms with Crippen LogP contribution < -0.4 is 5.32 Å². The molecule has 0 aliphatic heterocycles. The average Bonchev–Trinajstić information content (AvgIpc) is 3.00. The predicted molar refractivity (Wildman–Crippen MR) is 107 cm³/mol. The van der Waals surface area contributed by atoms with Crippen molar-refractivity contribution < 1.29 is 0 Å². The first-order valence-electron chi connectivity index (χ1n) is 7.66. The van der Waals surface area contributed by atoms with Crippen LogP contribution in [-0.4, -0.2) is 9.97 Å². The topological polar surface area (TPSA) is 37.8 Å². The second-order valence-corrected chi connectivity index (χ2v) is 7.58. The van der Waals surface area contributed by atoms with Crippen molar-refractivity contribution in [3.8, 4) is 11.4 Å². The van der Waals surface area contributed by atoms with Crippen molar-refractivity contribution in [2.75, 3.05) is 5.32 Å². The predicted octanol–water partition coefficient (Wildman–Crippen LogP) is 6.72. The highest BCUT2D eigenvalue weighted by Crippen LogP contribution is 2.36. The monoisotopic (exact) mass is 385 g/mol. The zero-order valence-electron chi connectivity index (χ0n) is 13.3. The summed E-state index contributed by atoms with van der Waals surface area (Å²) in [6.45, 7) is 2.06. The summed E-state index contributed by atoms with van der Waals surface area (Å²) < 4.78 is 0. The number of aryl methyl sites for hydroxylation is 1. The van der Waals surface area contributed by atoms with E-state index in [2.05, 4.69) is 18.3 Å². The smallest absolute Gasteiger partial charge is 0.163 e. The second kappa shape index (κ2) is 6.64. The van der Waals surface area contributed by atoms with E-state index >= 15 is 0 Å². The van der Waals surface area contributed by atoms with E-state index in [0.717, 1.165) is 27.3 Å². The molecule has 0 saturated heterocycles. The fourth-order valence-electron chi connectivity index (χ4n) is 2.58. The number of nitrogens with one attached hydrogen (secondary N) is 1. The summed E-state index contributed by atoms with van der Waals surface area (Å²) in [5.74, 6) is 1.40. The molecule has 0 atom stereocenters. The summed E-state index contributed by atoms with van der Waals surface area (Å²) in [7, 11) is 0. The fourth-order valence-corrected chi connectivity index (χ4v) is 3.81. The van der Waals surface area contributed by atoms with Gasteiger partial charge >= 0.3 is 0 Å². The number of thiophene rings is 1. The third-order valence-corrected chi connectivity index (χ3v) is 5.52. The summed E-state index contributed by atoms with van der Waals surface area (Å²) >= 11 is 14.1. The fraction of sp³-hybridized carbons (Fsp3) is 0.0526. The molecule has 25 heavy (non-hydrogen) atoms. The Balaban J connectivity index is 1.88. The molecule has 2 heterocycles. The zero-order chi connectivity index (χ0) is 17.4. The van der Waals surface area contributed by atoms with Gasteiger partial charge in [-0.2, -0.15) is 0 Å². The SMILES string of the molecule is Cc1cc2c(Nc3cccc(Cl)c3Cl)nc(-c3ccccc3)nc2s1. The Morgan fingerprint density at radius 3 is 2.56 bits per heavy atom. The van der Waals surface area contributed by atoms with Gasteiger partial charge in [0.25, 0.3) is 0 Å². The van der Waals surface area contributed by atoms with Gasteiger partial charge in [0.15, 0.2) is 5.82 Å². The van der Waals surface area contributed by atoms with Crippen LogP contribution in [0.1, 0.15) is 4.88 Å². The zero-order valence-corrected chi connectivity index (χ0v) is 15.6. The Morgan fingerprint density at radius 1 is 0.960 bits per heavy atom. The van der Waals surface area contributed by atoms with Crippen LogP contribution in [0.25, 0.3) is 21.6 Å². The Hall–Kier alpha value is -2.14. The van der Waals surface area contributed by atoms with Crippen LogP contribution in [0, 0.1) is 6.92 Å². The lowest BCUT2D eigenvalue weighted by Gasteiger charge is -2.11. The van der Waals surface area contributed by atoms with Crippen molar-refractivity contribution in [2.45, 2.75) is 6.92 Å². The molecular weight excluding hydrogens is 373 g/mol. The number of nitrogens with zero attached hydrogens (tertiary/aromatic N) is 2. The maximum Gasteiger partial charge on any atom is 0.163 e. The van der Waals surface area contributed by atoms with Crippen LogP contribution in [0.3, 0.4) is 0 Å². The van der Waals surface area contributed by atoms with Gasteiger partial charge in [0.2, 0.25) is 0 Å². The van der Waals surface area contributed by atoms with Crippen molar-refractivity contribution >= 4 is 56.3 Å². The lowest BCUT2D eigenvalue weighted by molar-refractivity contribution is 1.23. The molecule has 4 aromatic rings. The van der Waals surface area contributed by atoms with E-state index in [0.29, 0.717) is 15.9 Å². The first-order chi connectivity index (χ1) is 12.1. The highest BCUT2D eigenvalue weighted by molar-refractivity contribution is 7.18. The summed E-state index contributed by atoms with van der Waals surface area (Å²) in [6, 6.07) is 17.5. The van der Waals surface area contributed by atoms with Gasteiger partial charge in [-0.25, -0.2) is 9.97 Å². The number of halogens is 2. The molecule has 124 valence electrons. The van der Waals surface area contributed by atoms with Crippen molar-refractivity contribution in [3.05, 3.63) is 69.5 Å². The average molecular weight is 386 g/mol. The highest BCUT2D eigenvalue weighted by Gasteiger charge is 2.14. The lowest BCUT2D eigenvalue weighted by atomic mass is 10.2. The molecule has 1 N–H and O–H groups in total. The molecule has 0 amide bonds. The van der Waals surface area contributed by atoms with Gasteiger partial charge in [0, 0.05) is 10.4 Å². The van der Waals surface area contributed by atoms with E-state index < -0.39 is 0 Å². The third kappa shape index (κ3) is 3.21. The van der Waals surface area contributed by atoms with E-state index in [1.54, 1.807) is 17.4 Å². The normalized spacial score (nSPS) is 11.0. The van der Waals surface area contributed by atoms with Gasteiger partial charge in [-0.15, -0.1) is 11.3 Å². The summed E-state index contributed by atoms with van der Waals surface area (Å²) in [5, 5.41) is 5.27. The summed E-state index contributed by atoms with van der Waals surface area (Å²) in [6.07, 6.45) is 0. The van der Waals surface area contributed by atoms with Crippen LogP contribution >= 0.6 is 34.5 Å². The number of anilines is 2. The summed E-state index contributed by atoms with van der Waals surface area (Å²) in [5.41, 5.74) is 1.69. The minimum absolute atomic E-state index is 0.476. The number of benzene rings is 2. The molecule has 0 aliphatic carbocycles. The molecule has 0 fully saturated rings. The molecule has 6 heteroatoms. The van der Waals surface area contributed by atoms with Crippen molar-refractivity contribution in [2.24, 2.45) is 0 Å².